The molecule has 0 atom stereocenters. The number of sulfonamides is 1. The molecule has 1 aromatic heterocycles. The largest absolute Gasteiger partial charge is 0.465 e. The number of hydrogen-bond donors (Lipinski definition) is 3. The number of nitrogens with one attached hydrogen (secondary N) is 3. The van der Waals surface area contributed by atoms with E-state index in [1.54, 1.807) is 12.1 Å². The molecule has 0 aliphatic heterocycles. The molecule has 0 bridgehead atoms. The average Bonchev–Trinajstić information content (AvgIpc) is 3.09. The summed E-state index contributed by atoms with van der Waals surface area (Å²) >= 11 is 0. The third-order valence-electron chi connectivity index (χ3n) is 3.98. The molecular weight excluding hydrogens is 389 g/mol. The predicted octanol–water partition coefficient (Wildman–Crippen LogP) is 2.25. The summed E-state index contributed by atoms with van der Waals surface area (Å²) in [6.45, 7) is 0. The van der Waals surface area contributed by atoms with Crippen molar-refractivity contribution in [1.29, 1.82) is 0 Å². The van der Waals surface area contributed by atoms with Crippen molar-refractivity contribution in [3.63, 3.8) is 0 Å². The molecule has 3 rings (SSSR count). The van der Waals surface area contributed by atoms with Crippen molar-refractivity contribution in [2.24, 2.45) is 0 Å². The summed E-state index contributed by atoms with van der Waals surface area (Å²) in [7, 11) is -1.70. The Morgan fingerprint density at radius 2 is 1.86 bits per heavy atom. The minimum Gasteiger partial charge on any atom is -0.465 e. The highest BCUT2D eigenvalue weighted by molar-refractivity contribution is 7.92. The first-order valence-corrected chi connectivity index (χ1v) is 9.49. The van der Waals surface area contributed by atoms with E-state index in [1.807, 2.05) is 0 Å². The number of fused-ring (bicyclic) bond motifs is 1. The molecule has 0 saturated heterocycles. The van der Waals surface area contributed by atoms with Gasteiger partial charge in [0.2, 0.25) is 0 Å². The molecule has 0 fully saturated rings. The number of hydrogen-bond acceptors (Lipinski definition) is 5. The monoisotopic (exact) mass is 405 g/mol. The number of benzene rings is 2. The third-order valence-corrected chi connectivity index (χ3v) is 5.40. The number of anilines is 1. The van der Waals surface area contributed by atoms with Gasteiger partial charge in [-0.1, -0.05) is 0 Å². The van der Waals surface area contributed by atoms with Crippen LogP contribution in [0.4, 0.5) is 10.1 Å². The Bertz CT molecular complexity index is 1190. The van der Waals surface area contributed by atoms with E-state index in [1.165, 1.54) is 19.2 Å². The Kier molecular flexibility index (Phi) is 5.06. The van der Waals surface area contributed by atoms with E-state index in [0.717, 1.165) is 25.3 Å². The van der Waals surface area contributed by atoms with Gasteiger partial charge in [0.05, 0.1) is 12.7 Å². The smallest absolute Gasteiger partial charge is 0.339 e. The summed E-state index contributed by atoms with van der Waals surface area (Å²) < 4.78 is 46.0. The molecule has 28 heavy (non-hydrogen) atoms. The van der Waals surface area contributed by atoms with E-state index in [0.29, 0.717) is 16.6 Å². The molecule has 0 radical (unpaired) electrons. The molecule has 0 spiro atoms. The Morgan fingerprint density at radius 1 is 1.11 bits per heavy atom. The predicted molar refractivity (Wildman–Crippen MR) is 100 cm³/mol. The van der Waals surface area contributed by atoms with Crippen molar-refractivity contribution >= 4 is 38.5 Å². The van der Waals surface area contributed by atoms with Crippen LogP contribution < -0.4 is 10.0 Å². The summed E-state index contributed by atoms with van der Waals surface area (Å²) in [6, 6.07) is 8.89. The van der Waals surface area contributed by atoms with Crippen LogP contribution in [0.15, 0.2) is 47.4 Å². The molecule has 2 aromatic carbocycles. The molecule has 10 heteroatoms. The van der Waals surface area contributed by atoms with Crippen LogP contribution in [0.5, 0.6) is 0 Å². The molecule has 8 nitrogen and oxygen atoms in total. The first kappa shape index (κ1) is 19.4. The minimum atomic E-state index is -4.28. The number of methoxy groups -OCH3 is 1. The van der Waals surface area contributed by atoms with Crippen LogP contribution in [-0.4, -0.2) is 39.4 Å². The van der Waals surface area contributed by atoms with Gasteiger partial charge in [0, 0.05) is 23.6 Å². The minimum absolute atomic E-state index is 0.176. The van der Waals surface area contributed by atoms with Crippen LogP contribution in [0.2, 0.25) is 0 Å². The van der Waals surface area contributed by atoms with Gasteiger partial charge in [-0.05, 0) is 42.5 Å². The zero-order valence-corrected chi connectivity index (χ0v) is 15.7. The van der Waals surface area contributed by atoms with Crippen molar-refractivity contribution < 1.29 is 27.1 Å². The molecular formula is C18H16FN3O5S. The molecule has 146 valence electrons. The van der Waals surface area contributed by atoms with Gasteiger partial charge in [0.15, 0.2) is 0 Å². The molecule has 0 unspecified atom stereocenters. The van der Waals surface area contributed by atoms with Crippen molar-refractivity contribution in [3.8, 4) is 0 Å². The van der Waals surface area contributed by atoms with Crippen LogP contribution in [0, 0.1) is 5.82 Å². The van der Waals surface area contributed by atoms with Gasteiger partial charge in [0.25, 0.3) is 15.9 Å². The zero-order chi connectivity index (χ0) is 20.5. The second kappa shape index (κ2) is 7.31. The fourth-order valence-electron chi connectivity index (χ4n) is 2.66. The maximum atomic E-state index is 13.6. The summed E-state index contributed by atoms with van der Waals surface area (Å²) in [6.07, 6.45) is 0. The van der Waals surface area contributed by atoms with Crippen molar-refractivity contribution in [3.05, 3.63) is 59.5 Å². The molecule has 0 aliphatic rings. The molecule has 0 aliphatic carbocycles. The number of esters is 1. The van der Waals surface area contributed by atoms with Gasteiger partial charge in [-0.25, -0.2) is 17.6 Å². The Labute approximate surface area is 159 Å². The zero-order valence-electron chi connectivity index (χ0n) is 14.9. The number of aromatic nitrogens is 1. The number of carbonyl (C=O) groups excluding carboxylic acids is 2. The molecule has 1 amide bonds. The second-order valence-electron chi connectivity index (χ2n) is 5.80. The first-order chi connectivity index (χ1) is 13.2. The molecule has 0 saturated carbocycles. The fourth-order valence-corrected chi connectivity index (χ4v) is 3.92. The lowest BCUT2D eigenvalue weighted by Gasteiger charge is -2.11. The van der Waals surface area contributed by atoms with Gasteiger partial charge < -0.3 is 15.0 Å². The van der Waals surface area contributed by atoms with E-state index in [2.05, 4.69) is 19.8 Å². The topological polar surface area (TPSA) is 117 Å². The highest BCUT2D eigenvalue weighted by Gasteiger charge is 2.24. The number of H-pyrrole nitrogens is 1. The van der Waals surface area contributed by atoms with E-state index < -0.39 is 26.7 Å². The summed E-state index contributed by atoms with van der Waals surface area (Å²) in [5.74, 6) is -2.04. The van der Waals surface area contributed by atoms with E-state index in [4.69, 9.17) is 0 Å². The van der Waals surface area contributed by atoms with Crippen LogP contribution >= 0.6 is 0 Å². The van der Waals surface area contributed by atoms with Crippen LogP contribution in [0.3, 0.4) is 0 Å². The molecule has 3 aromatic rings. The summed E-state index contributed by atoms with van der Waals surface area (Å²) in [4.78, 5) is 25.9. The van der Waals surface area contributed by atoms with Gasteiger partial charge in [-0.15, -0.1) is 0 Å². The number of ether oxygens (including phenoxy) is 1. The van der Waals surface area contributed by atoms with Crippen LogP contribution in [0.1, 0.15) is 20.8 Å². The quantitative estimate of drug-likeness (QED) is 0.563. The summed E-state index contributed by atoms with van der Waals surface area (Å²) in [5, 5.41) is 3.07. The van der Waals surface area contributed by atoms with Gasteiger partial charge in [-0.2, -0.15) is 0 Å². The van der Waals surface area contributed by atoms with Gasteiger partial charge in [-0.3, -0.25) is 9.52 Å². The highest BCUT2D eigenvalue weighted by Crippen LogP contribution is 2.25. The Morgan fingerprint density at radius 3 is 2.54 bits per heavy atom. The Hall–Kier alpha value is -3.40. The van der Waals surface area contributed by atoms with Crippen LogP contribution in [-0.2, 0) is 14.8 Å². The lowest BCUT2D eigenvalue weighted by atomic mass is 10.2. The number of carbonyl (C=O) groups is 2. The summed E-state index contributed by atoms with van der Waals surface area (Å²) in [5.41, 5.74) is 0.828. The van der Waals surface area contributed by atoms with Crippen LogP contribution in [0.25, 0.3) is 10.9 Å². The molecule has 3 N–H and O–H groups in total. The normalized spacial score (nSPS) is 11.2. The maximum Gasteiger partial charge on any atom is 0.339 e. The van der Waals surface area contributed by atoms with Crippen molar-refractivity contribution in [2.75, 3.05) is 18.9 Å². The Balaban J connectivity index is 2.00. The van der Waals surface area contributed by atoms with Gasteiger partial charge >= 0.3 is 5.97 Å². The number of halogens is 1. The van der Waals surface area contributed by atoms with Crippen molar-refractivity contribution in [2.45, 2.75) is 4.90 Å². The second-order valence-corrected chi connectivity index (χ2v) is 7.45. The van der Waals surface area contributed by atoms with E-state index in [9.17, 15) is 22.4 Å². The lowest BCUT2D eigenvalue weighted by molar-refractivity contribution is 0.0596. The maximum absolute atomic E-state index is 13.6. The lowest BCUT2D eigenvalue weighted by Crippen LogP contribution is -2.18. The number of aromatic amines is 1. The average molecular weight is 405 g/mol. The first-order valence-electron chi connectivity index (χ1n) is 8.00. The van der Waals surface area contributed by atoms with Gasteiger partial charge in [0.1, 0.15) is 16.4 Å². The van der Waals surface area contributed by atoms with E-state index >= 15 is 0 Å². The standard InChI is InChI=1S/C18H16FN3O5S/c1-20-17(23)15-8-10-7-12(4-6-14(10)21-15)22-28(25,26)16-9-11(19)3-5-13(16)18(24)27-2/h3-9,21-22H,1-2H3,(H,20,23). The SMILES string of the molecule is CNC(=O)c1cc2cc(NS(=O)(=O)c3cc(F)ccc3C(=O)OC)ccc2[nH]1. The number of rotatable bonds is 5. The van der Waals surface area contributed by atoms with E-state index in [-0.39, 0.29) is 17.2 Å². The highest BCUT2D eigenvalue weighted by atomic mass is 32.2. The third kappa shape index (κ3) is 3.67. The number of amides is 1. The fraction of sp³-hybridized carbons (Fsp3) is 0.111. The molecule has 1 heterocycles. The van der Waals surface area contributed by atoms with Crippen molar-refractivity contribution in [1.82, 2.24) is 10.3 Å².